The smallest absolute Gasteiger partial charge is 0.164 e. The molecule has 0 bridgehead atoms. The van der Waals surface area contributed by atoms with Gasteiger partial charge in [-0.2, -0.15) is 5.26 Å². The minimum Gasteiger partial charge on any atom is -0.457 e. The number of hydrogen-bond acceptors (Lipinski definition) is 5. The first kappa shape index (κ1) is 34.5. The van der Waals surface area contributed by atoms with Gasteiger partial charge < -0.3 is 4.74 Å². The van der Waals surface area contributed by atoms with Gasteiger partial charge in [0.05, 0.1) is 17.0 Å². The topological polar surface area (TPSA) is 71.7 Å². The van der Waals surface area contributed by atoms with Crippen molar-refractivity contribution in [2.45, 2.75) is 5.41 Å². The van der Waals surface area contributed by atoms with Gasteiger partial charge in [-0.25, -0.2) is 15.0 Å². The van der Waals surface area contributed by atoms with Gasteiger partial charge in [-0.3, -0.25) is 0 Å². The van der Waals surface area contributed by atoms with Crippen molar-refractivity contribution >= 4 is 0 Å². The number of hydrogen-bond donors (Lipinski definition) is 0. The van der Waals surface area contributed by atoms with Crippen LogP contribution in [0.3, 0.4) is 0 Å². The normalized spacial score (nSPS) is 12.4. The molecule has 1 aromatic heterocycles. The standard InChI is InChI=1S/C53H34N4O/c54-35-36-26-28-38(29-27-36)50-55-51(42-18-12-16-39(32-42)37-14-4-1-5-15-37)57-52(56-50)43-19-13-17-40(33-43)41-30-31-47-49(34-41)58-48-25-11-10-24-46(48)53(47,44-20-6-2-7-21-44)45-22-8-3-9-23-45/h1-34H. The van der Waals surface area contributed by atoms with Gasteiger partial charge in [-0.05, 0) is 81.9 Å². The molecule has 0 atom stereocenters. The number of benzene rings is 8. The highest BCUT2D eigenvalue weighted by atomic mass is 16.5. The predicted molar refractivity (Wildman–Crippen MR) is 230 cm³/mol. The van der Waals surface area contributed by atoms with Gasteiger partial charge in [-0.15, -0.1) is 0 Å². The quantitative estimate of drug-likeness (QED) is 0.163. The van der Waals surface area contributed by atoms with Crippen LogP contribution in [-0.4, -0.2) is 15.0 Å². The molecule has 0 unspecified atom stereocenters. The van der Waals surface area contributed by atoms with Crippen LogP contribution in [0.5, 0.6) is 11.5 Å². The summed E-state index contributed by atoms with van der Waals surface area (Å²) in [5.41, 5.74) is 11.2. The molecule has 0 spiro atoms. The number of nitrogens with zero attached hydrogens (tertiary/aromatic N) is 4. The van der Waals surface area contributed by atoms with Gasteiger partial charge in [0, 0.05) is 27.8 Å². The summed E-state index contributed by atoms with van der Waals surface area (Å²) in [5, 5.41) is 9.46. The zero-order chi connectivity index (χ0) is 38.9. The lowest BCUT2D eigenvalue weighted by Gasteiger charge is -2.41. The second-order valence-electron chi connectivity index (χ2n) is 14.3. The molecular weight excluding hydrogens is 709 g/mol. The van der Waals surface area contributed by atoms with Crippen LogP contribution in [0, 0.1) is 11.3 Å². The van der Waals surface area contributed by atoms with Crippen molar-refractivity contribution in [1.29, 1.82) is 5.26 Å². The first-order valence-electron chi connectivity index (χ1n) is 19.2. The van der Waals surface area contributed by atoms with Crippen LogP contribution in [0.4, 0.5) is 0 Å². The Morgan fingerprint density at radius 2 is 0.810 bits per heavy atom. The molecule has 0 aliphatic carbocycles. The van der Waals surface area contributed by atoms with E-state index in [-0.39, 0.29) is 0 Å². The second-order valence-corrected chi connectivity index (χ2v) is 14.3. The van der Waals surface area contributed by atoms with Gasteiger partial charge in [0.1, 0.15) is 11.5 Å². The lowest BCUT2D eigenvalue weighted by atomic mass is 9.63. The van der Waals surface area contributed by atoms with Crippen molar-refractivity contribution in [2.75, 3.05) is 0 Å². The summed E-state index contributed by atoms with van der Waals surface area (Å²) in [6.07, 6.45) is 0. The maximum absolute atomic E-state index is 9.46. The van der Waals surface area contributed by atoms with Crippen LogP contribution in [0.2, 0.25) is 0 Å². The van der Waals surface area contributed by atoms with Crippen molar-refractivity contribution in [3.05, 3.63) is 234 Å². The molecule has 0 radical (unpaired) electrons. The van der Waals surface area contributed by atoms with Crippen LogP contribution in [-0.2, 0) is 5.41 Å². The molecule has 1 aliphatic heterocycles. The van der Waals surface area contributed by atoms with Crippen LogP contribution < -0.4 is 4.74 Å². The van der Waals surface area contributed by atoms with E-state index in [0.717, 1.165) is 61.6 Å². The minimum atomic E-state index is -0.589. The van der Waals surface area contributed by atoms with Gasteiger partial charge in [0.15, 0.2) is 17.5 Å². The van der Waals surface area contributed by atoms with E-state index in [1.165, 1.54) is 11.1 Å². The number of rotatable bonds is 7. The van der Waals surface area contributed by atoms with E-state index in [4.69, 9.17) is 19.7 Å². The fraction of sp³-hybridized carbons (Fsp3) is 0.0189. The summed E-state index contributed by atoms with van der Waals surface area (Å²) >= 11 is 0. The van der Waals surface area contributed by atoms with Crippen molar-refractivity contribution in [3.8, 4) is 74.0 Å². The molecule has 58 heavy (non-hydrogen) atoms. The van der Waals surface area contributed by atoms with Crippen LogP contribution in [0.25, 0.3) is 56.4 Å². The molecule has 8 aromatic carbocycles. The average molecular weight is 743 g/mol. The zero-order valence-electron chi connectivity index (χ0n) is 31.3. The summed E-state index contributed by atoms with van der Waals surface area (Å²) < 4.78 is 6.79. The fourth-order valence-electron chi connectivity index (χ4n) is 8.15. The van der Waals surface area contributed by atoms with E-state index < -0.39 is 5.41 Å². The molecule has 0 saturated heterocycles. The Hall–Kier alpha value is -7.94. The first-order chi connectivity index (χ1) is 28.7. The number of aromatic nitrogens is 3. The Kier molecular flexibility index (Phi) is 8.70. The highest BCUT2D eigenvalue weighted by Gasteiger charge is 2.45. The Labute approximate surface area is 337 Å². The Balaban J connectivity index is 1.10. The van der Waals surface area contributed by atoms with Gasteiger partial charge >= 0.3 is 0 Å². The van der Waals surface area contributed by atoms with Gasteiger partial charge in [0.2, 0.25) is 0 Å². The largest absolute Gasteiger partial charge is 0.457 e. The molecule has 0 amide bonds. The number of para-hydroxylation sites is 1. The van der Waals surface area contributed by atoms with Crippen LogP contribution >= 0.6 is 0 Å². The third-order valence-electron chi connectivity index (χ3n) is 10.9. The molecule has 2 heterocycles. The number of ether oxygens (including phenoxy) is 1. The summed E-state index contributed by atoms with van der Waals surface area (Å²) in [4.78, 5) is 15.1. The third-order valence-corrected chi connectivity index (χ3v) is 10.9. The molecule has 9 aromatic rings. The zero-order valence-corrected chi connectivity index (χ0v) is 31.3. The Bertz CT molecular complexity index is 2940. The highest BCUT2D eigenvalue weighted by Crippen LogP contribution is 2.55. The molecule has 1 aliphatic rings. The molecule has 10 rings (SSSR count). The van der Waals surface area contributed by atoms with E-state index in [2.05, 4.69) is 140 Å². The van der Waals surface area contributed by atoms with E-state index in [9.17, 15) is 5.26 Å². The average Bonchev–Trinajstić information content (AvgIpc) is 3.31. The lowest BCUT2D eigenvalue weighted by molar-refractivity contribution is 0.435. The maximum atomic E-state index is 9.46. The first-order valence-corrected chi connectivity index (χ1v) is 19.2. The SMILES string of the molecule is N#Cc1ccc(-c2nc(-c3cccc(-c4ccccc4)c3)nc(-c3cccc(-c4ccc5c(c4)Oc4ccccc4C5(c4ccccc4)c4ccccc4)c3)n2)cc1. The van der Waals surface area contributed by atoms with Crippen LogP contribution in [0.15, 0.2) is 206 Å². The molecule has 5 nitrogen and oxygen atoms in total. The minimum absolute atomic E-state index is 0.527. The summed E-state index contributed by atoms with van der Waals surface area (Å²) in [6, 6.07) is 72.7. The highest BCUT2D eigenvalue weighted by molar-refractivity contribution is 5.77. The van der Waals surface area contributed by atoms with E-state index in [1.54, 1.807) is 12.1 Å². The van der Waals surface area contributed by atoms with E-state index in [1.807, 2.05) is 60.7 Å². The van der Waals surface area contributed by atoms with Crippen molar-refractivity contribution < 1.29 is 4.74 Å². The summed E-state index contributed by atoms with van der Waals surface area (Å²) in [6.45, 7) is 0. The van der Waals surface area contributed by atoms with Gasteiger partial charge in [0.25, 0.3) is 0 Å². The summed E-state index contributed by atoms with van der Waals surface area (Å²) in [5.74, 6) is 3.27. The Morgan fingerprint density at radius 1 is 0.362 bits per heavy atom. The number of fused-ring (bicyclic) bond motifs is 2. The van der Waals surface area contributed by atoms with Gasteiger partial charge in [-0.1, -0.05) is 158 Å². The Morgan fingerprint density at radius 3 is 1.41 bits per heavy atom. The predicted octanol–water partition coefficient (Wildman–Crippen LogP) is 12.6. The fourth-order valence-corrected chi connectivity index (χ4v) is 8.15. The van der Waals surface area contributed by atoms with Crippen molar-refractivity contribution in [3.63, 3.8) is 0 Å². The molecule has 0 saturated carbocycles. The monoisotopic (exact) mass is 742 g/mol. The third kappa shape index (κ3) is 6.10. The second kappa shape index (κ2) is 14.6. The maximum Gasteiger partial charge on any atom is 0.164 e. The molecular formula is C53H34N4O. The van der Waals surface area contributed by atoms with Crippen molar-refractivity contribution in [1.82, 2.24) is 15.0 Å². The van der Waals surface area contributed by atoms with E-state index in [0.29, 0.717) is 23.0 Å². The van der Waals surface area contributed by atoms with Crippen molar-refractivity contribution in [2.24, 2.45) is 0 Å². The lowest BCUT2D eigenvalue weighted by Crippen LogP contribution is -2.34. The molecule has 5 heteroatoms. The summed E-state index contributed by atoms with van der Waals surface area (Å²) in [7, 11) is 0. The number of nitriles is 1. The van der Waals surface area contributed by atoms with E-state index >= 15 is 0 Å². The molecule has 272 valence electrons. The molecule has 0 N–H and O–H groups in total. The molecule has 0 fully saturated rings. The van der Waals surface area contributed by atoms with Crippen LogP contribution in [0.1, 0.15) is 27.8 Å².